The molecule has 0 N–H and O–H groups in total. The highest BCUT2D eigenvalue weighted by Gasteiger charge is 2.39. The zero-order valence-electron chi connectivity index (χ0n) is 19.3. The van der Waals surface area contributed by atoms with Gasteiger partial charge in [-0.05, 0) is 73.9 Å². The highest BCUT2D eigenvalue weighted by molar-refractivity contribution is 7.98. The summed E-state index contributed by atoms with van der Waals surface area (Å²) in [7, 11) is -3.50. The Kier molecular flexibility index (Phi) is 6.43. The number of thioether (sulfide) groups is 1. The number of hydrogen-bond donors (Lipinski definition) is 0. The van der Waals surface area contributed by atoms with Gasteiger partial charge in [-0.3, -0.25) is 9.59 Å². The molecule has 3 aliphatic rings. The van der Waals surface area contributed by atoms with E-state index in [1.54, 1.807) is 44.1 Å². The van der Waals surface area contributed by atoms with Crippen LogP contribution in [0.4, 0.5) is 11.4 Å². The van der Waals surface area contributed by atoms with Crippen molar-refractivity contribution in [3.05, 3.63) is 48.0 Å². The second-order valence-corrected chi connectivity index (χ2v) is 11.9. The normalized spacial score (nSPS) is 21.2. The lowest BCUT2D eigenvalue weighted by molar-refractivity contribution is -0.124. The minimum absolute atomic E-state index is 0.0408. The Morgan fingerprint density at radius 1 is 1.03 bits per heavy atom. The topological polar surface area (TPSA) is 78.0 Å². The molecule has 0 bridgehead atoms. The first kappa shape index (κ1) is 23.4. The molecule has 7 nitrogen and oxygen atoms in total. The summed E-state index contributed by atoms with van der Waals surface area (Å²) in [5, 5.41) is 0. The molecule has 5 rings (SSSR count). The molecule has 0 unspecified atom stereocenters. The van der Waals surface area contributed by atoms with Gasteiger partial charge in [0.2, 0.25) is 21.8 Å². The van der Waals surface area contributed by atoms with E-state index < -0.39 is 15.9 Å². The molecule has 2 fully saturated rings. The Bertz CT molecular complexity index is 1220. The van der Waals surface area contributed by atoms with Crippen molar-refractivity contribution >= 4 is 45.0 Å². The molecule has 0 aromatic heterocycles. The van der Waals surface area contributed by atoms with Crippen LogP contribution in [0.2, 0.25) is 0 Å². The summed E-state index contributed by atoms with van der Waals surface area (Å²) in [5.74, 6) is -0.516. The summed E-state index contributed by atoms with van der Waals surface area (Å²) >= 11 is 1.62. The first-order valence-corrected chi connectivity index (χ1v) is 14.4. The lowest BCUT2D eigenvalue weighted by Crippen LogP contribution is -2.40. The fourth-order valence-electron chi connectivity index (χ4n) is 5.16. The zero-order chi connectivity index (χ0) is 23.9. The Morgan fingerprint density at radius 2 is 1.82 bits per heavy atom. The van der Waals surface area contributed by atoms with Gasteiger partial charge in [-0.2, -0.15) is 4.31 Å². The van der Waals surface area contributed by atoms with Gasteiger partial charge in [0.1, 0.15) is 0 Å². The zero-order valence-corrected chi connectivity index (χ0v) is 20.9. The first-order chi connectivity index (χ1) is 16.4. The van der Waals surface area contributed by atoms with E-state index in [1.165, 1.54) is 0 Å². The Morgan fingerprint density at radius 3 is 2.59 bits per heavy atom. The van der Waals surface area contributed by atoms with E-state index in [-0.39, 0.29) is 18.2 Å². The predicted octanol–water partition coefficient (Wildman–Crippen LogP) is 3.53. The van der Waals surface area contributed by atoms with Crippen LogP contribution in [0.5, 0.6) is 0 Å². The third-order valence-corrected chi connectivity index (χ3v) is 9.60. The van der Waals surface area contributed by atoms with Gasteiger partial charge in [0.15, 0.2) is 0 Å². The van der Waals surface area contributed by atoms with Gasteiger partial charge in [0.25, 0.3) is 0 Å². The van der Waals surface area contributed by atoms with Gasteiger partial charge >= 0.3 is 0 Å². The van der Waals surface area contributed by atoms with Crippen molar-refractivity contribution in [3.63, 3.8) is 0 Å². The van der Waals surface area contributed by atoms with Crippen LogP contribution in [0, 0.1) is 5.92 Å². The Balaban J connectivity index is 1.36. The lowest BCUT2D eigenvalue weighted by Gasteiger charge is -2.32. The second-order valence-electron chi connectivity index (χ2n) is 9.10. The van der Waals surface area contributed by atoms with Crippen molar-refractivity contribution in [3.8, 4) is 0 Å². The van der Waals surface area contributed by atoms with Crippen LogP contribution in [-0.4, -0.2) is 57.0 Å². The number of amides is 2. The van der Waals surface area contributed by atoms with Gasteiger partial charge in [-0.1, -0.05) is 6.07 Å². The number of carbonyl (C=O) groups is 2. The molecule has 9 heteroatoms. The predicted molar refractivity (Wildman–Crippen MR) is 134 cm³/mol. The van der Waals surface area contributed by atoms with Crippen LogP contribution >= 0.6 is 11.8 Å². The highest BCUT2D eigenvalue weighted by Crippen LogP contribution is 2.34. The Hall–Kier alpha value is -2.36. The first-order valence-electron chi connectivity index (χ1n) is 11.8. The molecule has 3 heterocycles. The highest BCUT2D eigenvalue weighted by atomic mass is 32.2. The van der Waals surface area contributed by atoms with E-state index in [1.807, 2.05) is 30.5 Å². The standard InChI is InChI=1S/C25H29N3O4S2/c1-33-21-8-4-7-20(16-21)28-17-19(15-24(28)29)25(30)27-13-5-6-18-14-22(9-10-23(18)27)34(31,32)26-11-2-3-12-26/h4,7-10,14,16,19H,2-3,5-6,11-13,15,17H2,1H3/t19-/m1/s1. The Labute approximate surface area is 205 Å². The van der Waals surface area contributed by atoms with E-state index in [4.69, 9.17) is 0 Å². The van der Waals surface area contributed by atoms with Crippen LogP contribution in [0.15, 0.2) is 52.3 Å². The number of fused-ring (bicyclic) bond motifs is 1. The largest absolute Gasteiger partial charge is 0.312 e. The number of aryl methyl sites for hydroxylation is 1. The summed E-state index contributed by atoms with van der Waals surface area (Å²) in [6, 6.07) is 12.9. The number of rotatable bonds is 5. The number of benzene rings is 2. The molecule has 2 aromatic carbocycles. The molecule has 180 valence electrons. The fraction of sp³-hybridized carbons (Fsp3) is 0.440. The average molecular weight is 500 g/mol. The van der Waals surface area contributed by atoms with Gasteiger partial charge in [0, 0.05) is 48.9 Å². The molecular weight excluding hydrogens is 470 g/mol. The van der Waals surface area contributed by atoms with Crippen LogP contribution in [-0.2, 0) is 26.0 Å². The maximum Gasteiger partial charge on any atom is 0.243 e. The number of carbonyl (C=O) groups excluding carboxylic acids is 2. The van der Waals surface area contributed by atoms with E-state index in [0.717, 1.165) is 47.5 Å². The fourth-order valence-corrected chi connectivity index (χ4v) is 7.18. The van der Waals surface area contributed by atoms with Gasteiger partial charge in [0.05, 0.1) is 10.8 Å². The van der Waals surface area contributed by atoms with Crippen molar-refractivity contribution in [2.24, 2.45) is 5.92 Å². The van der Waals surface area contributed by atoms with E-state index in [9.17, 15) is 18.0 Å². The minimum Gasteiger partial charge on any atom is -0.312 e. The maximum atomic E-state index is 13.5. The lowest BCUT2D eigenvalue weighted by atomic mass is 9.99. The van der Waals surface area contributed by atoms with Crippen LogP contribution in [0.25, 0.3) is 0 Å². The molecular formula is C25H29N3O4S2. The second kappa shape index (κ2) is 9.36. The van der Waals surface area contributed by atoms with Gasteiger partial charge < -0.3 is 9.80 Å². The van der Waals surface area contributed by atoms with Crippen molar-refractivity contribution in [2.75, 3.05) is 42.2 Å². The minimum atomic E-state index is -3.50. The SMILES string of the molecule is CSc1cccc(N2C[C@H](C(=O)N3CCCc4cc(S(=O)(=O)N5CCCC5)ccc43)CC2=O)c1. The van der Waals surface area contributed by atoms with Gasteiger partial charge in [-0.25, -0.2) is 8.42 Å². The van der Waals surface area contributed by atoms with Crippen LogP contribution < -0.4 is 9.80 Å². The summed E-state index contributed by atoms with van der Waals surface area (Å²) in [5.41, 5.74) is 2.48. The summed E-state index contributed by atoms with van der Waals surface area (Å²) in [6.07, 6.45) is 5.48. The van der Waals surface area contributed by atoms with Crippen LogP contribution in [0.1, 0.15) is 31.2 Å². The molecule has 2 aromatic rings. The smallest absolute Gasteiger partial charge is 0.243 e. The summed E-state index contributed by atoms with van der Waals surface area (Å²) < 4.78 is 27.5. The molecule has 0 radical (unpaired) electrons. The van der Waals surface area contributed by atoms with Crippen LogP contribution in [0.3, 0.4) is 0 Å². The molecule has 0 spiro atoms. The third kappa shape index (κ3) is 4.25. The van der Waals surface area contributed by atoms with E-state index in [0.29, 0.717) is 31.1 Å². The molecule has 2 saturated heterocycles. The number of hydrogen-bond acceptors (Lipinski definition) is 5. The summed E-state index contributed by atoms with van der Waals surface area (Å²) in [4.78, 5) is 31.1. The van der Waals surface area contributed by atoms with Crippen molar-refractivity contribution in [1.82, 2.24) is 4.31 Å². The average Bonchev–Trinajstić information content (AvgIpc) is 3.53. The quantitative estimate of drug-likeness (QED) is 0.589. The van der Waals surface area contributed by atoms with Crippen molar-refractivity contribution < 1.29 is 18.0 Å². The molecule has 1 atom stereocenters. The van der Waals surface area contributed by atoms with Crippen molar-refractivity contribution in [2.45, 2.75) is 41.9 Å². The molecule has 2 amide bonds. The molecule has 34 heavy (non-hydrogen) atoms. The van der Waals surface area contributed by atoms with E-state index in [2.05, 4.69) is 0 Å². The third-order valence-electron chi connectivity index (χ3n) is 6.98. The monoisotopic (exact) mass is 499 g/mol. The number of sulfonamides is 1. The maximum absolute atomic E-state index is 13.5. The van der Waals surface area contributed by atoms with Crippen molar-refractivity contribution in [1.29, 1.82) is 0 Å². The molecule has 0 saturated carbocycles. The number of anilines is 2. The van der Waals surface area contributed by atoms with E-state index >= 15 is 0 Å². The summed E-state index contributed by atoms with van der Waals surface area (Å²) in [6.45, 7) is 2.08. The molecule has 3 aliphatic heterocycles. The molecule has 0 aliphatic carbocycles. The number of nitrogens with zero attached hydrogens (tertiary/aromatic N) is 3. The van der Waals surface area contributed by atoms with Gasteiger partial charge in [-0.15, -0.1) is 11.8 Å².